The van der Waals surface area contributed by atoms with Gasteiger partial charge in [0.05, 0.1) is 4.92 Å². The van der Waals surface area contributed by atoms with Gasteiger partial charge in [-0.1, -0.05) is 17.7 Å². The third-order valence-electron chi connectivity index (χ3n) is 3.84. The van der Waals surface area contributed by atoms with Crippen molar-refractivity contribution >= 4 is 28.9 Å². The van der Waals surface area contributed by atoms with Crippen LogP contribution in [0, 0.1) is 24.0 Å². The molecule has 3 aromatic rings. The summed E-state index contributed by atoms with van der Waals surface area (Å²) in [5.74, 6) is 0.131. The Balaban J connectivity index is 1.68. The smallest absolute Gasteiger partial charge is 0.294 e. The quantitative estimate of drug-likeness (QED) is 0.489. The third kappa shape index (κ3) is 4.66. The molecule has 0 radical (unpaired) electrons. The standard InChI is InChI=1S/C19H17ClN4O4/c1-12-7-13(2)9-15(8-12)28-11-23-6-5-17(22-23)19(25)21-16-4-3-14(20)10-18(16)24(26)27/h3-10H,11H2,1-2H3,(H,21,25). The maximum atomic E-state index is 12.4. The first-order valence-corrected chi connectivity index (χ1v) is 8.69. The predicted molar refractivity (Wildman–Crippen MR) is 105 cm³/mol. The van der Waals surface area contributed by atoms with E-state index < -0.39 is 10.8 Å². The largest absolute Gasteiger partial charge is 0.471 e. The molecule has 0 atom stereocenters. The number of aryl methyl sites for hydroxylation is 2. The number of nitrogens with zero attached hydrogens (tertiary/aromatic N) is 3. The molecule has 9 heteroatoms. The van der Waals surface area contributed by atoms with Gasteiger partial charge in [0.25, 0.3) is 11.6 Å². The Bertz CT molecular complexity index is 1030. The SMILES string of the molecule is Cc1cc(C)cc(OCn2ccc(C(=O)Nc3ccc(Cl)cc3[N+](=O)[O-])n2)c1. The number of hydrogen-bond donors (Lipinski definition) is 1. The summed E-state index contributed by atoms with van der Waals surface area (Å²) in [4.78, 5) is 22.9. The minimum atomic E-state index is -0.613. The van der Waals surface area contributed by atoms with Gasteiger partial charge in [-0.2, -0.15) is 5.10 Å². The average Bonchev–Trinajstić information content (AvgIpc) is 3.09. The zero-order valence-corrected chi connectivity index (χ0v) is 15.9. The van der Waals surface area contributed by atoms with E-state index in [0.717, 1.165) is 11.1 Å². The molecule has 0 spiro atoms. The first kappa shape index (κ1) is 19.4. The summed E-state index contributed by atoms with van der Waals surface area (Å²) in [5.41, 5.74) is 2.02. The molecule has 0 aliphatic heterocycles. The van der Waals surface area contributed by atoms with Gasteiger partial charge in [0.1, 0.15) is 11.4 Å². The molecule has 144 valence electrons. The summed E-state index contributed by atoms with van der Waals surface area (Å²) >= 11 is 5.78. The van der Waals surface area contributed by atoms with Crippen molar-refractivity contribution in [3.05, 3.63) is 80.6 Å². The second-order valence-corrected chi connectivity index (χ2v) is 6.65. The van der Waals surface area contributed by atoms with Gasteiger partial charge in [-0.3, -0.25) is 14.9 Å². The fourth-order valence-electron chi connectivity index (χ4n) is 2.66. The van der Waals surface area contributed by atoms with Crippen LogP contribution in [0.2, 0.25) is 5.02 Å². The number of aromatic nitrogens is 2. The van der Waals surface area contributed by atoms with E-state index >= 15 is 0 Å². The van der Waals surface area contributed by atoms with E-state index in [9.17, 15) is 14.9 Å². The Morgan fingerprint density at radius 1 is 1.21 bits per heavy atom. The molecule has 0 saturated heterocycles. The Kier molecular flexibility index (Phi) is 5.60. The number of ether oxygens (including phenoxy) is 1. The Hall–Kier alpha value is -3.39. The van der Waals surface area contributed by atoms with Gasteiger partial charge in [0.2, 0.25) is 0 Å². The van der Waals surface area contributed by atoms with Crippen molar-refractivity contribution in [3.8, 4) is 5.75 Å². The molecule has 1 aromatic heterocycles. The van der Waals surface area contributed by atoms with Crippen molar-refractivity contribution < 1.29 is 14.5 Å². The topological polar surface area (TPSA) is 99.3 Å². The Morgan fingerprint density at radius 2 is 1.93 bits per heavy atom. The van der Waals surface area contributed by atoms with Crippen LogP contribution in [-0.4, -0.2) is 20.6 Å². The van der Waals surface area contributed by atoms with Gasteiger partial charge in [-0.05, 0) is 55.3 Å². The van der Waals surface area contributed by atoms with Crippen LogP contribution in [0.15, 0.2) is 48.7 Å². The van der Waals surface area contributed by atoms with Crippen LogP contribution >= 0.6 is 11.6 Å². The monoisotopic (exact) mass is 400 g/mol. The van der Waals surface area contributed by atoms with Crippen LogP contribution in [0.3, 0.4) is 0 Å². The molecule has 1 N–H and O–H groups in total. The van der Waals surface area contributed by atoms with Crippen molar-refractivity contribution in [3.63, 3.8) is 0 Å². The van der Waals surface area contributed by atoms with E-state index in [2.05, 4.69) is 10.4 Å². The highest BCUT2D eigenvalue weighted by molar-refractivity contribution is 6.31. The van der Waals surface area contributed by atoms with Crippen molar-refractivity contribution in [2.24, 2.45) is 0 Å². The molecule has 0 aliphatic carbocycles. The molecular weight excluding hydrogens is 384 g/mol. The first-order chi connectivity index (χ1) is 13.3. The van der Waals surface area contributed by atoms with E-state index in [1.807, 2.05) is 32.0 Å². The lowest BCUT2D eigenvalue weighted by molar-refractivity contribution is -0.383. The lowest BCUT2D eigenvalue weighted by Crippen LogP contribution is -2.15. The number of benzene rings is 2. The number of carbonyl (C=O) groups excluding carboxylic acids is 1. The van der Waals surface area contributed by atoms with Crippen LogP contribution in [0.4, 0.5) is 11.4 Å². The minimum absolute atomic E-state index is 0.0421. The van der Waals surface area contributed by atoms with Crippen molar-refractivity contribution in [1.82, 2.24) is 9.78 Å². The summed E-state index contributed by atoms with van der Waals surface area (Å²) in [6.07, 6.45) is 1.59. The molecule has 3 rings (SSSR count). The van der Waals surface area contributed by atoms with Crippen molar-refractivity contribution in [2.75, 3.05) is 5.32 Å². The normalized spacial score (nSPS) is 10.5. The first-order valence-electron chi connectivity index (χ1n) is 8.31. The highest BCUT2D eigenvalue weighted by Crippen LogP contribution is 2.28. The average molecular weight is 401 g/mol. The number of amides is 1. The van der Waals surface area contributed by atoms with Gasteiger partial charge in [0, 0.05) is 17.3 Å². The number of halogens is 1. The summed E-state index contributed by atoms with van der Waals surface area (Å²) < 4.78 is 7.15. The molecule has 0 aliphatic rings. The van der Waals surface area contributed by atoms with E-state index in [0.29, 0.717) is 5.75 Å². The maximum absolute atomic E-state index is 12.4. The summed E-state index contributed by atoms with van der Waals surface area (Å²) in [6, 6.07) is 11.4. The zero-order valence-electron chi connectivity index (χ0n) is 15.2. The van der Waals surface area contributed by atoms with Gasteiger partial charge >= 0.3 is 0 Å². The maximum Gasteiger partial charge on any atom is 0.294 e. The van der Waals surface area contributed by atoms with E-state index in [1.54, 1.807) is 6.20 Å². The van der Waals surface area contributed by atoms with E-state index in [4.69, 9.17) is 16.3 Å². The second-order valence-electron chi connectivity index (χ2n) is 6.21. The summed E-state index contributed by atoms with van der Waals surface area (Å²) in [7, 11) is 0. The number of anilines is 1. The molecule has 0 bridgehead atoms. The van der Waals surface area contributed by atoms with Crippen LogP contribution in [-0.2, 0) is 6.73 Å². The third-order valence-corrected chi connectivity index (χ3v) is 4.07. The van der Waals surface area contributed by atoms with Crippen molar-refractivity contribution in [1.29, 1.82) is 0 Å². The Labute approximate surface area is 165 Å². The number of hydrogen-bond acceptors (Lipinski definition) is 5. The minimum Gasteiger partial charge on any atom is -0.471 e. The number of nitrogens with one attached hydrogen (secondary N) is 1. The van der Waals surface area contributed by atoms with E-state index in [-0.39, 0.29) is 28.8 Å². The van der Waals surface area contributed by atoms with Gasteiger partial charge in [-0.25, -0.2) is 4.68 Å². The molecule has 0 saturated carbocycles. The van der Waals surface area contributed by atoms with E-state index in [1.165, 1.54) is 28.9 Å². The van der Waals surface area contributed by atoms with Crippen LogP contribution in [0.1, 0.15) is 21.6 Å². The lowest BCUT2D eigenvalue weighted by atomic mass is 10.1. The zero-order chi connectivity index (χ0) is 20.3. The second kappa shape index (κ2) is 8.10. The molecule has 1 amide bonds. The van der Waals surface area contributed by atoms with Crippen molar-refractivity contribution in [2.45, 2.75) is 20.6 Å². The summed E-state index contributed by atoms with van der Waals surface area (Å²) in [6.45, 7) is 4.08. The Morgan fingerprint density at radius 3 is 2.61 bits per heavy atom. The van der Waals surface area contributed by atoms with Gasteiger partial charge in [-0.15, -0.1) is 0 Å². The fourth-order valence-corrected chi connectivity index (χ4v) is 2.83. The van der Waals surface area contributed by atoms with Crippen LogP contribution in [0.25, 0.3) is 0 Å². The van der Waals surface area contributed by atoms with Crippen LogP contribution < -0.4 is 10.1 Å². The molecule has 0 fully saturated rings. The number of rotatable bonds is 6. The molecule has 2 aromatic carbocycles. The number of carbonyl (C=O) groups is 1. The number of nitro groups is 1. The number of nitro benzene ring substituents is 1. The van der Waals surface area contributed by atoms with Gasteiger partial charge in [0.15, 0.2) is 12.4 Å². The lowest BCUT2D eigenvalue weighted by Gasteiger charge is -2.08. The molecular formula is C19H17ClN4O4. The van der Waals surface area contributed by atoms with Gasteiger partial charge < -0.3 is 10.1 Å². The highest BCUT2D eigenvalue weighted by Gasteiger charge is 2.18. The molecule has 0 unspecified atom stereocenters. The molecule has 8 nitrogen and oxygen atoms in total. The van der Waals surface area contributed by atoms with Crippen LogP contribution in [0.5, 0.6) is 5.75 Å². The summed E-state index contributed by atoms with van der Waals surface area (Å²) in [5, 5.41) is 18.0. The predicted octanol–water partition coefficient (Wildman–Crippen LogP) is 4.35. The highest BCUT2D eigenvalue weighted by atomic mass is 35.5. The molecule has 1 heterocycles. The molecule has 28 heavy (non-hydrogen) atoms. The fraction of sp³-hybridized carbons (Fsp3) is 0.158.